The first kappa shape index (κ1) is 8.43. The Hall–Kier alpha value is -0.570. The van der Waals surface area contributed by atoms with Crippen molar-refractivity contribution in [3.05, 3.63) is 0 Å². The summed E-state index contributed by atoms with van der Waals surface area (Å²) in [5, 5.41) is 2.67. The maximum absolute atomic E-state index is 10.5. The van der Waals surface area contributed by atoms with Gasteiger partial charge in [-0.25, -0.2) is 0 Å². The summed E-state index contributed by atoms with van der Waals surface area (Å²) in [7, 11) is 0. The molecular formula is C6H14N2O. The minimum Gasteiger partial charge on any atom is -0.355 e. The topological polar surface area (TPSA) is 55.1 Å². The predicted molar refractivity (Wildman–Crippen MR) is 37.0 cm³/mol. The SMILES string of the molecule is CCC(=O)NC[C@H](C)N. The molecule has 0 aliphatic rings. The third-order valence-corrected chi connectivity index (χ3v) is 0.942. The second kappa shape index (κ2) is 4.32. The minimum atomic E-state index is 0.0560. The molecule has 0 aromatic heterocycles. The summed E-state index contributed by atoms with van der Waals surface area (Å²) >= 11 is 0. The summed E-state index contributed by atoms with van der Waals surface area (Å²) < 4.78 is 0. The molecule has 0 spiro atoms. The average molecular weight is 130 g/mol. The second-order valence-corrected chi connectivity index (χ2v) is 2.13. The molecule has 9 heavy (non-hydrogen) atoms. The number of hydrogen-bond donors (Lipinski definition) is 2. The van der Waals surface area contributed by atoms with Crippen LogP contribution in [-0.2, 0) is 4.79 Å². The molecule has 3 N–H and O–H groups in total. The Morgan fingerprint density at radius 1 is 1.78 bits per heavy atom. The number of nitrogens with one attached hydrogen (secondary N) is 1. The predicted octanol–water partition coefficient (Wildman–Crippen LogP) is -0.140. The molecule has 54 valence electrons. The summed E-state index contributed by atoms with van der Waals surface area (Å²) in [4.78, 5) is 10.5. The van der Waals surface area contributed by atoms with Gasteiger partial charge in [0.25, 0.3) is 0 Å². The van der Waals surface area contributed by atoms with Crippen molar-refractivity contribution in [3.63, 3.8) is 0 Å². The first-order valence-corrected chi connectivity index (χ1v) is 3.19. The number of amides is 1. The van der Waals surface area contributed by atoms with E-state index in [1.165, 1.54) is 0 Å². The molecule has 0 radical (unpaired) electrons. The number of hydrogen-bond acceptors (Lipinski definition) is 2. The van der Waals surface area contributed by atoms with Crippen molar-refractivity contribution in [2.24, 2.45) is 5.73 Å². The maximum atomic E-state index is 10.5. The fourth-order valence-electron chi connectivity index (χ4n) is 0.400. The van der Waals surface area contributed by atoms with Gasteiger partial charge in [0.1, 0.15) is 0 Å². The van der Waals surface area contributed by atoms with Crippen LogP contribution in [0.4, 0.5) is 0 Å². The lowest BCUT2D eigenvalue weighted by molar-refractivity contribution is -0.120. The standard InChI is InChI=1S/C6H14N2O/c1-3-6(9)8-4-5(2)7/h5H,3-4,7H2,1-2H3,(H,8,9)/t5-/m0/s1. The van der Waals surface area contributed by atoms with E-state index in [1.54, 1.807) is 0 Å². The van der Waals surface area contributed by atoms with Gasteiger partial charge in [-0.05, 0) is 6.92 Å². The number of rotatable bonds is 3. The molecule has 0 aromatic rings. The molecule has 3 nitrogen and oxygen atoms in total. The summed E-state index contributed by atoms with van der Waals surface area (Å²) in [6, 6.07) is 0.0560. The van der Waals surface area contributed by atoms with Gasteiger partial charge in [-0.1, -0.05) is 6.92 Å². The second-order valence-electron chi connectivity index (χ2n) is 2.13. The van der Waals surface area contributed by atoms with E-state index in [2.05, 4.69) is 5.32 Å². The molecule has 1 atom stereocenters. The highest BCUT2D eigenvalue weighted by Gasteiger charge is 1.96. The fourth-order valence-corrected chi connectivity index (χ4v) is 0.400. The summed E-state index contributed by atoms with van der Waals surface area (Å²) in [5.41, 5.74) is 5.38. The van der Waals surface area contributed by atoms with Crippen LogP contribution in [0.25, 0.3) is 0 Å². The van der Waals surface area contributed by atoms with E-state index < -0.39 is 0 Å². The van der Waals surface area contributed by atoms with Crippen LogP contribution in [0.1, 0.15) is 20.3 Å². The molecular weight excluding hydrogens is 116 g/mol. The van der Waals surface area contributed by atoms with Crippen LogP contribution in [0.3, 0.4) is 0 Å². The zero-order valence-electron chi connectivity index (χ0n) is 5.98. The quantitative estimate of drug-likeness (QED) is 0.558. The van der Waals surface area contributed by atoms with Gasteiger partial charge in [-0.2, -0.15) is 0 Å². The Labute approximate surface area is 55.6 Å². The van der Waals surface area contributed by atoms with E-state index in [4.69, 9.17) is 5.73 Å². The van der Waals surface area contributed by atoms with Gasteiger partial charge in [-0.3, -0.25) is 4.79 Å². The van der Waals surface area contributed by atoms with E-state index in [0.717, 1.165) is 0 Å². The first-order chi connectivity index (χ1) is 4.16. The van der Waals surface area contributed by atoms with E-state index in [-0.39, 0.29) is 11.9 Å². The van der Waals surface area contributed by atoms with Gasteiger partial charge in [-0.15, -0.1) is 0 Å². The Morgan fingerprint density at radius 2 is 2.33 bits per heavy atom. The number of nitrogens with two attached hydrogens (primary N) is 1. The van der Waals surface area contributed by atoms with Crippen LogP contribution in [0.2, 0.25) is 0 Å². The Morgan fingerprint density at radius 3 is 2.67 bits per heavy atom. The number of carbonyl (C=O) groups is 1. The van der Waals surface area contributed by atoms with Gasteiger partial charge < -0.3 is 11.1 Å². The van der Waals surface area contributed by atoms with Crippen LogP contribution in [0.15, 0.2) is 0 Å². The van der Waals surface area contributed by atoms with Crippen LogP contribution in [-0.4, -0.2) is 18.5 Å². The van der Waals surface area contributed by atoms with Crippen LogP contribution in [0.5, 0.6) is 0 Å². The normalized spacial score (nSPS) is 12.8. The smallest absolute Gasteiger partial charge is 0.219 e. The monoisotopic (exact) mass is 130 g/mol. The first-order valence-electron chi connectivity index (χ1n) is 3.19. The van der Waals surface area contributed by atoms with Crippen LogP contribution in [0, 0.1) is 0 Å². The van der Waals surface area contributed by atoms with Crippen LogP contribution < -0.4 is 11.1 Å². The minimum absolute atomic E-state index is 0.0560. The van der Waals surface area contributed by atoms with Gasteiger partial charge in [0.15, 0.2) is 0 Å². The highest BCUT2D eigenvalue weighted by molar-refractivity contribution is 5.75. The Kier molecular flexibility index (Phi) is 4.05. The molecule has 0 saturated carbocycles. The van der Waals surface area contributed by atoms with Crippen molar-refractivity contribution < 1.29 is 4.79 Å². The largest absolute Gasteiger partial charge is 0.355 e. The Bertz CT molecular complexity index is 91.1. The highest BCUT2D eigenvalue weighted by atomic mass is 16.1. The van der Waals surface area contributed by atoms with E-state index in [9.17, 15) is 4.79 Å². The third kappa shape index (κ3) is 5.30. The zero-order valence-corrected chi connectivity index (χ0v) is 5.98. The third-order valence-electron chi connectivity index (χ3n) is 0.942. The molecule has 0 aliphatic heterocycles. The lowest BCUT2D eigenvalue weighted by Gasteiger charge is -2.04. The van der Waals surface area contributed by atoms with Gasteiger partial charge in [0.2, 0.25) is 5.91 Å². The van der Waals surface area contributed by atoms with Gasteiger partial charge in [0.05, 0.1) is 0 Å². The lowest BCUT2D eigenvalue weighted by atomic mass is 10.3. The average Bonchev–Trinajstić information content (AvgIpc) is 1.83. The highest BCUT2D eigenvalue weighted by Crippen LogP contribution is 1.75. The molecule has 0 fully saturated rings. The summed E-state index contributed by atoms with van der Waals surface area (Å²) in [5.74, 6) is 0.0623. The van der Waals surface area contributed by atoms with E-state index in [1.807, 2.05) is 13.8 Å². The molecule has 0 unspecified atom stereocenters. The fraction of sp³-hybridized carbons (Fsp3) is 0.833. The summed E-state index contributed by atoms with van der Waals surface area (Å²) in [6.07, 6.45) is 0.534. The molecule has 0 bridgehead atoms. The molecule has 0 heterocycles. The van der Waals surface area contributed by atoms with Crippen molar-refractivity contribution in [1.82, 2.24) is 5.32 Å². The molecule has 0 rings (SSSR count). The molecule has 0 saturated heterocycles. The molecule has 3 heteroatoms. The molecule has 0 aromatic carbocycles. The van der Waals surface area contributed by atoms with Crippen molar-refractivity contribution >= 4 is 5.91 Å². The van der Waals surface area contributed by atoms with Crippen molar-refractivity contribution in [2.45, 2.75) is 26.3 Å². The lowest BCUT2D eigenvalue weighted by Crippen LogP contribution is -2.34. The zero-order chi connectivity index (χ0) is 7.28. The molecule has 0 aliphatic carbocycles. The van der Waals surface area contributed by atoms with Gasteiger partial charge in [0, 0.05) is 19.0 Å². The van der Waals surface area contributed by atoms with Gasteiger partial charge >= 0.3 is 0 Å². The van der Waals surface area contributed by atoms with E-state index >= 15 is 0 Å². The maximum Gasteiger partial charge on any atom is 0.219 e. The Balaban J connectivity index is 3.17. The van der Waals surface area contributed by atoms with Crippen molar-refractivity contribution in [2.75, 3.05) is 6.54 Å². The summed E-state index contributed by atoms with van der Waals surface area (Å²) in [6.45, 7) is 4.25. The van der Waals surface area contributed by atoms with Crippen LogP contribution >= 0.6 is 0 Å². The number of carbonyl (C=O) groups excluding carboxylic acids is 1. The van der Waals surface area contributed by atoms with Crippen molar-refractivity contribution in [3.8, 4) is 0 Å². The van der Waals surface area contributed by atoms with E-state index in [0.29, 0.717) is 13.0 Å². The molecule has 1 amide bonds. The van der Waals surface area contributed by atoms with Crippen molar-refractivity contribution in [1.29, 1.82) is 0 Å².